The maximum Gasteiger partial charge on any atom is 0.0722 e. The molecule has 0 unspecified atom stereocenters. The molecular weight excluding hydrogens is 126 g/mol. The average molecular weight is 137 g/mol. The molecule has 54 valence electrons. The second kappa shape index (κ2) is 2.13. The summed E-state index contributed by atoms with van der Waals surface area (Å²) >= 11 is 0. The molecule has 0 aromatic carbocycles. The summed E-state index contributed by atoms with van der Waals surface area (Å²) in [5, 5.41) is 9.25. The number of aliphatic hydroxyl groups excluding tert-OH is 1. The van der Waals surface area contributed by atoms with Crippen LogP contribution in [0.1, 0.15) is 12.1 Å². The highest BCUT2D eigenvalue weighted by atomic mass is 16.3. The average Bonchev–Trinajstić information content (AvgIpc) is 2.33. The number of rotatable bonds is 0. The van der Waals surface area contributed by atoms with Gasteiger partial charge in [-0.3, -0.25) is 0 Å². The number of nitrogens with zero attached hydrogens (tertiary/aromatic N) is 1. The van der Waals surface area contributed by atoms with E-state index in [0.29, 0.717) is 0 Å². The van der Waals surface area contributed by atoms with Crippen LogP contribution >= 0.6 is 0 Å². The van der Waals surface area contributed by atoms with Crippen molar-refractivity contribution in [3.8, 4) is 0 Å². The normalized spacial score (nSPS) is 24.3. The summed E-state index contributed by atoms with van der Waals surface area (Å²) in [6.07, 6.45) is 3.84. The van der Waals surface area contributed by atoms with Gasteiger partial charge in [0.1, 0.15) is 0 Å². The quantitative estimate of drug-likeness (QED) is 0.562. The van der Waals surface area contributed by atoms with E-state index in [9.17, 15) is 5.11 Å². The SMILES string of the molecule is O[C@@H]1CCc2cccn2C1. The van der Waals surface area contributed by atoms with Crippen LogP contribution in [0.4, 0.5) is 0 Å². The molecule has 0 fully saturated rings. The number of hydrogen-bond donors (Lipinski definition) is 1. The van der Waals surface area contributed by atoms with Gasteiger partial charge in [-0.2, -0.15) is 0 Å². The van der Waals surface area contributed by atoms with Gasteiger partial charge in [0.2, 0.25) is 0 Å². The summed E-state index contributed by atoms with van der Waals surface area (Å²) in [6, 6.07) is 4.15. The Bertz CT molecular complexity index is 229. The summed E-state index contributed by atoms with van der Waals surface area (Å²) in [6.45, 7) is 0.780. The predicted molar refractivity (Wildman–Crippen MR) is 38.8 cm³/mol. The van der Waals surface area contributed by atoms with Crippen LogP contribution in [0.25, 0.3) is 0 Å². The van der Waals surface area contributed by atoms with Gasteiger partial charge < -0.3 is 9.67 Å². The topological polar surface area (TPSA) is 25.2 Å². The lowest BCUT2D eigenvalue weighted by Gasteiger charge is -2.19. The highest BCUT2D eigenvalue weighted by Crippen LogP contribution is 2.14. The standard InChI is InChI=1S/C8H11NO/c10-8-4-3-7-2-1-5-9(7)6-8/h1-2,5,8,10H,3-4,6H2/t8-/m1/s1. The third-order valence-electron chi connectivity index (χ3n) is 2.06. The van der Waals surface area contributed by atoms with Gasteiger partial charge in [0.05, 0.1) is 6.10 Å². The zero-order chi connectivity index (χ0) is 6.97. The Hall–Kier alpha value is -0.760. The Labute approximate surface area is 60.1 Å². The fourth-order valence-corrected chi connectivity index (χ4v) is 1.49. The van der Waals surface area contributed by atoms with E-state index in [4.69, 9.17) is 0 Å². The molecule has 0 aliphatic carbocycles. The summed E-state index contributed by atoms with van der Waals surface area (Å²) < 4.78 is 2.12. The molecule has 0 bridgehead atoms. The Balaban J connectivity index is 2.30. The van der Waals surface area contributed by atoms with E-state index in [1.807, 2.05) is 12.3 Å². The van der Waals surface area contributed by atoms with Gasteiger partial charge in [0.25, 0.3) is 0 Å². The molecule has 1 aliphatic rings. The van der Waals surface area contributed by atoms with E-state index in [0.717, 1.165) is 19.4 Å². The van der Waals surface area contributed by atoms with Crippen LogP contribution in [0.3, 0.4) is 0 Å². The van der Waals surface area contributed by atoms with E-state index in [2.05, 4.69) is 10.6 Å². The molecule has 0 saturated carbocycles. The van der Waals surface area contributed by atoms with E-state index in [1.54, 1.807) is 0 Å². The van der Waals surface area contributed by atoms with Crippen molar-refractivity contribution < 1.29 is 5.11 Å². The Kier molecular flexibility index (Phi) is 1.27. The summed E-state index contributed by atoms with van der Waals surface area (Å²) in [7, 11) is 0. The molecule has 2 heteroatoms. The summed E-state index contributed by atoms with van der Waals surface area (Å²) in [5.74, 6) is 0. The van der Waals surface area contributed by atoms with Gasteiger partial charge in [0, 0.05) is 18.4 Å². The first-order chi connectivity index (χ1) is 4.86. The fourth-order valence-electron chi connectivity index (χ4n) is 1.49. The molecular formula is C8H11NO. The van der Waals surface area contributed by atoms with Gasteiger partial charge in [0.15, 0.2) is 0 Å². The van der Waals surface area contributed by atoms with Crippen LogP contribution in [0.5, 0.6) is 0 Å². The van der Waals surface area contributed by atoms with Crippen LogP contribution < -0.4 is 0 Å². The minimum atomic E-state index is -0.125. The lowest BCUT2D eigenvalue weighted by atomic mass is 10.1. The maximum absolute atomic E-state index is 9.25. The highest BCUT2D eigenvalue weighted by molar-refractivity contribution is 5.09. The lowest BCUT2D eigenvalue weighted by molar-refractivity contribution is 0.131. The van der Waals surface area contributed by atoms with Crippen molar-refractivity contribution in [1.82, 2.24) is 4.57 Å². The van der Waals surface area contributed by atoms with E-state index < -0.39 is 0 Å². The minimum Gasteiger partial charge on any atom is -0.391 e. The second-order valence-corrected chi connectivity index (χ2v) is 2.84. The first kappa shape index (κ1) is 5.98. The lowest BCUT2D eigenvalue weighted by Crippen LogP contribution is -2.23. The second-order valence-electron chi connectivity index (χ2n) is 2.84. The highest BCUT2D eigenvalue weighted by Gasteiger charge is 2.13. The summed E-state index contributed by atoms with van der Waals surface area (Å²) in [4.78, 5) is 0. The van der Waals surface area contributed by atoms with Crippen molar-refractivity contribution in [2.75, 3.05) is 0 Å². The van der Waals surface area contributed by atoms with Crippen molar-refractivity contribution in [3.63, 3.8) is 0 Å². The number of fused-ring (bicyclic) bond motifs is 1. The molecule has 0 spiro atoms. The number of aryl methyl sites for hydroxylation is 1. The van der Waals surface area contributed by atoms with Crippen LogP contribution in [-0.4, -0.2) is 15.8 Å². The van der Waals surface area contributed by atoms with Crippen molar-refractivity contribution in [2.24, 2.45) is 0 Å². The first-order valence-corrected chi connectivity index (χ1v) is 3.68. The van der Waals surface area contributed by atoms with Crippen LogP contribution in [0.15, 0.2) is 18.3 Å². The van der Waals surface area contributed by atoms with Gasteiger partial charge >= 0.3 is 0 Å². The van der Waals surface area contributed by atoms with Gasteiger partial charge in [-0.1, -0.05) is 0 Å². The maximum atomic E-state index is 9.25. The Morgan fingerprint density at radius 3 is 3.40 bits per heavy atom. The first-order valence-electron chi connectivity index (χ1n) is 3.68. The molecule has 2 rings (SSSR count). The molecule has 0 radical (unpaired) electrons. The summed E-state index contributed by atoms with van der Waals surface area (Å²) in [5.41, 5.74) is 1.35. The van der Waals surface area contributed by atoms with Crippen molar-refractivity contribution in [3.05, 3.63) is 24.0 Å². The fraction of sp³-hybridized carbons (Fsp3) is 0.500. The van der Waals surface area contributed by atoms with Crippen molar-refractivity contribution in [2.45, 2.75) is 25.5 Å². The van der Waals surface area contributed by atoms with E-state index >= 15 is 0 Å². The van der Waals surface area contributed by atoms with E-state index in [1.165, 1.54) is 5.69 Å². The molecule has 1 aromatic rings. The van der Waals surface area contributed by atoms with Crippen LogP contribution in [0, 0.1) is 0 Å². The zero-order valence-corrected chi connectivity index (χ0v) is 5.83. The van der Waals surface area contributed by atoms with Crippen LogP contribution in [0.2, 0.25) is 0 Å². The molecule has 1 N–H and O–H groups in total. The molecule has 10 heavy (non-hydrogen) atoms. The van der Waals surface area contributed by atoms with Crippen LogP contribution in [-0.2, 0) is 13.0 Å². The molecule has 1 aromatic heterocycles. The monoisotopic (exact) mass is 137 g/mol. The Morgan fingerprint density at radius 2 is 2.50 bits per heavy atom. The minimum absolute atomic E-state index is 0.125. The van der Waals surface area contributed by atoms with Gasteiger partial charge in [-0.25, -0.2) is 0 Å². The van der Waals surface area contributed by atoms with Gasteiger partial charge in [-0.15, -0.1) is 0 Å². The molecule has 1 atom stereocenters. The molecule has 0 amide bonds. The van der Waals surface area contributed by atoms with E-state index in [-0.39, 0.29) is 6.10 Å². The zero-order valence-electron chi connectivity index (χ0n) is 5.83. The number of aromatic nitrogens is 1. The third-order valence-corrected chi connectivity index (χ3v) is 2.06. The number of aliphatic hydroxyl groups is 1. The number of hydrogen-bond acceptors (Lipinski definition) is 1. The molecule has 2 nitrogen and oxygen atoms in total. The molecule has 2 heterocycles. The predicted octanol–water partition coefficient (Wildman–Crippen LogP) is 0.795. The van der Waals surface area contributed by atoms with Crippen molar-refractivity contribution >= 4 is 0 Å². The smallest absolute Gasteiger partial charge is 0.0722 e. The van der Waals surface area contributed by atoms with Crippen molar-refractivity contribution in [1.29, 1.82) is 0 Å². The Morgan fingerprint density at radius 1 is 1.60 bits per heavy atom. The third kappa shape index (κ3) is 0.847. The largest absolute Gasteiger partial charge is 0.391 e. The van der Waals surface area contributed by atoms with Gasteiger partial charge in [-0.05, 0) is 25.0 Å². The molecule has 0 saturated heterocycles. The molecule has 1 aliphatic heterocycles.